The number of nitrogens with one attached hydrogen (secondary N) is 1. The molecule has 0 heterocycles. The van der Waals surface area contributed by atoms with Gasteiger partial charge < -0.3 is 20.9 Å². The molecular weight excluding hydrogens is 232 g/mol. The first-order chi connectivity index (χ1) is 8.61. The molecular formula is C13H18N2O3. The smallest absolute Gasteiger partial charge is 0.255 e. The lowest BCUT2D eigenvalue weighted by molar-refractivity contribution is 0.0932. The van der Waals surface area contributed by atoms with Crippen molar-refractivity contribution in [1.29, 1.82) is 0 Å². The van der Waals surface area contributed by atoms with Crippen molar-refractivity contribution in [1.82, 2.24) is 5.32 Å². The minimum Gasteiger partial charge on any atom is -0.504 e. The van der Waals surface area contributed by atoms with Crippen molar-refractivity contribution in [3.63, 3.8) is 0 Å². The molecule has 5 heteroatoms. The highest BCUT2D eigenvalue weighted by molar-refractivity contribution is 5.97. The monoisotopic (exact) mass is 250 g/mol. The maximum Gasteiger partial charge on any atom is 0.255 e. The molecule has 18 heavy (non-hydrogen) atoms. The van der Waals surface area contributed by atoms with Crippen LogP contribution in [0, 0.1) is 5.92 Å². The van der Waals surface area contributed by atoms with E-state index >= 15 is 0 Å². The van der Waals surface area contributed by atoms with Crippen LogP contribution >= 0.6 is 0 Å². The second-order valence-electron chi connectivity index (χ2n) is 4.66. The lowest BCUT2D eigenvalue weighted by Crippen LogP contribution is -2.42. The summed E-state index contributed by atoms with van der Waals surface area (Å²) in [5.41, 5.74) is 5.91. The maximum atomic E-state index is 11.9. The number of phenols is 1. The van der Waals surface area contributed by atoms with E-state index in [-0.39, 0.29) is 23.3 Å². The Morgan fingerprint density at radius 3 is 2.89 bits per heavy atom. The molecule has 0 radical (unpaired) electrons. The Balaban J connectivity index is 1.96. The van der Waals surface area contributed by atoms with Crippen LogP contribution in [0.15, 0.2) is 18.2 Å². The van der Waals surface area contributed by atoms with Gasteiger partial charge in [-0.25, -0.2) is 0 Å². The molecule has 2 rings (SSSR count). The van der Waals surface area contributed by atoms with Gasteiger partial charge in [-0.2, -0.15) is 0 Å². The number of benzene rings is 1. The van der Waals surface area contributed by atoms with Gasteiger partial charge >= 0.3 is 0 Å². The van der Waals surface area contributed by atoms with Crippen molar-refractivity contribution in [2.24, 2.45) is 11.7 Å². The molecule has 4 N–H and O–H groups in total. The number of methoxy groups -OCH3 is 1. The van der Waals surface area contributed by atoms with Gasteiger partial charge in [0.05, 0.1) is 12.7 Å². The number of hydrogen-bond donors (Lipinski definition) is 3. The van der Waals surface area contributed by atoms with E-state index in [1.54, 1.807) is 18.2 Å². The van der Waals surface area contributed by atoms with Crippen LogP contribution in [0.25, 0.3) is 0 Å². The summed E-state index contributed by atoms with van der Waals surface area (Å²) >= 11 is 0. The summed E-state index contributed by atoms with van der Waals surface area (Å²) in [6.45, 7) is 0.600. The molecule has 1 aromatic carbocycles. The van der Waals surface area contributed by atoms with Crippen LogP contribution in [-0.4, -0.2) is 30.7 Å². The zero-order valence-corrected chi connectivity index (χ0v) is 10.3. The summed E-state index contributed by atoms with van der Waals surface area (Å²) in [5.74, 6) is 0.347. The van der Waals surface area contributed by atoms with Gasteiger partial charge in [0.25, 0.3) is 5.91 Å². The number of hydrogen-bond acceptors (Lipinski definition) is 4. The van der Waals surface area contributed by atoms with Crippen molar-refractivity contribution >= 4 is 5.91 Å². The van der Waals surface area contributed by atoms with Crippen LogP contribution in [0.3, 0.4) is 0 Å². The zero-order chi connectivity index (χ0) is 13.1. The minimum absolute atomic E-state index is 0.122. The third kappa shape index (κ3) is 2.56. The molecule has 0 saturated heterocycles. The molecule has 0 atom stereocenters. The molecule has 5 nitrogen and oxygen atoms in total. The minimum atomic E-state index is -0.285. The van der Waals surface area contributed by atoms with Gasteiger partial charge in [0.2, 0.25) is 0 Å². The highest BCUT2D eigenvalue weighted by atomic mass is 16.5. The summed E-state index contributed by atoms with van der Waals surface area (Å²) in [5, 5.41) is 12.6. The van der Waals surface area contributed by atoms with Gasteiger partial charge in [-0.15, -0.1) is 0 Å². The van der Waals surface area contributed by atoms with Gasteiger partial charge in [-0.1, -0.05) is 6.07 Å². The number of phenolic OH excluding ortho intramolecular Hbond substituents is 1. The lowest BCUT2D eigenvalue weighted by Gasteiger charge is -2.32. The van der Waals surface area contributed by atoms with Crippen LogP contribution in [-0.2, 0) is 0 Å². The molecule has 1 aromatic rings. The predicted molar refractivity (Wildman–Crippen MR) is 67.7 cm³/mol. The summed E-state index contributed by atoms with van der Waals surface area (Å²) in [6.07, 6.45) is 1.90. The summed E-state index contributed by atoms with van der Waals surface area (Å²) < 4.78 is 4.96. The largest absolute Gasteiger partial charge is 0.504 e. The first-order valence-corrected chi connectivity index (χ1v) is 6.01. The van der Waals surface area contributed by atoms with Crippen molar-refractivity contribution in [2.45, 2.75) is 18.9 Å². The van der Waals surface area contributed by atoms with E-state index in [0.717, 1.165) is 12.8 Å². The Hall–Kier alpha value is -1.75. The maximum absolute atomic E-state index is 11.9. The average molecular weight is 250 g/mol. The van der Waals surface area contributed by atoms with Gasteiger partial charge in [0, 0.05) is 12.6 Å². The summed E-state index contributed by atoms with van der Waals surface area (Å²) in [6, 6.07) is 5.13. The first-order valence-electron chi connectivity index (χ1n) is 6.01. The Kier molecular flexibility index (Phi) is 3.72. The topological polar surface area (TPSA) is 84.6 Å². The zero-order valence-electron chi connectivity index (χ0n) is 10.3. The van der Waals surface area contributed by atoms with E-state index in [9.17, 15) is 9.90 Å². The fourth-order valence-corrected chi connectivity index (χ4v) is 2.16. The van der Waals surface area contributed by atoms with E-state index in [0.29, 0.717) is 18.2 Å². The fraction of sp³-hybridized carbons (Fsp3) is 0.462. The van der Waals surface area contributed by atoms with E-state index in [2.05, 4.69) is 5.32 Å². The summed E-state index contributed by atoms with van der Waals surface area (Å²) in [7, 11) is 1.45. The second kappa shape index (κ2) is 5.27. The van der Waals surface area contributed by atoms with Crippen molar-refractivity contribution < 1.29 is 14.6 Å². The molecule has 0 spiro atoms. The summed E-state index contributed by atoms with van der Waals surface area (Å²) in [4.78, 5) is 11.9. The third-order valence-corrected chi connectivity index (χ3v) is 3.29. The molecule has 1 fully saturated rings. The highest BCUT2D eigenvalue weighted by Gasteiger charge is 2.26. The number of aromatic hydroxyl groups is 1. The van der Waals surface area contributed by atoms with E-state index in [1.165, 1.54) is 7.11 Å². The molecule has 0 aromatic heterocycles. The standard InChI is InChI=1S/C13H18N2O3/c1-18-11-4-2-3-10(12(11)16)13(17)15-7-8-5-9(14)6-8/h2-4,8-9,16H,5-7,14H2,1H3,(H,15,17). The second-order valence-corrected chi connectivity index (χ2v) is 4.66. The van der Waals surface area contributed by atoms with Crippen LogP contribution in [0.5, 0.6) is 11.5 Å². The number of carbonyl (C=O) groups excluding carboxylic acids is 1. The molecule has 1 aliphatic rings. The van der Waals surface area contributed by atoms with Gasteiger partial charge in [-0.3, -0.25) is 4.79 Å². The molecule has 0 aliphatic heterocycles. The predicted octanol–water partition coefficient (Wildman–Crippen LogP) is 0.868. The lowest BCUT2D eigenvalue weighted by atomic mass is 9.81. The molecule has 0 bridgehead atoms. The van der Waals surface area contributed by atoms with E-state index in [1.807, 2.05) is 0 Å². The van der Waals surface area contributed by atoms with E-state index < -0.39 is 0 Å². The molecule has 1 amide bonds. The highest BCUT2D eigenvalue weighted by Crippen LogP contribution is 2.29. The van der Waals surface area contributed by atoms with E-state index in [4.69, 9.17) is 10.5 Å². The number of ether oxygens (including phenoxy) is 1. The van der Waals surface area contributed by atoms with Crippen molar-refractivity contribution in [3.05, 3.63) is 23.8 Å². The SMILES string of the molecule is COc1cccc(C(=O)NCC2CC(N)C2)c1O. The van der Waals surface area contributed by atoms with Gasteiger partial charge in [0.1, 0.15) is 0 Å². The molecule has 0 unspecified atom stereocenters. The molecule has 98 valence electrons. The Morgan fingerprint density at radius 1 is 1.56 bits per heavy atom. The van der Waals surface area contributed by atoms with Crippen LogP contribution in [0.4, 0.5) is 0 Å². The quantitative estimate of drug-likeness (QED) is 0.740. The van der Waals surface area contributed by atoms with Crippen LogP contribution < -0.4 is 15.8 Å². The van der Waals surface area contributed by atoms with Crippen LogP contribution in [0.1, 0.15) is 23.2 Å². The number of carbonyl (C=O) groups is 1. The van der Waals surface area contributed by atoms with Gasteiger partial charge in [-0.05, 0) is 30.9 Å². The van der Waals surface area contributed by atoms with Crippen molar-refractivity contribution in [2.75, 3.05) is 13.7 Å². The molecule has 1 saturated carbocycles. The van der Waals surface area contributed by atoms with Crippen LogP contribution in [0.2, 0.25) is 0 Å². The Labute approximate surface area is 106 Å². The Bertz CT molecular complexity index is 442. The fourth-order valence-electron chi connectivity index (χ4n) is 2.16. The van der Waals surface area contributed by atoms with Gasteiger partial charge in [0.15, 0.2) is 11.5 Å². The van der Waals surface area contributed by atoms with Crippen molar-refractivity contribution in [3.8, 4) is 11.5 Å². The number of amides is 1. The Morgan fingerprint density at radius 2 is 2.28 bits per heavy atom. The number of nitrogens with two attached hydrogens (primary N) is 1. The first kappa shape index (κ1) is 12.7. The average Bonchev–Trinajstić information content (AvgIpc) is 2.33. The molecule has 1 aliphatic carbocycles. The third-order valence-electron chi connectivity index (χ3n) is 3.29. The normalized spacial score (nSPS) is 22.1. The number of para-hydroxylation sites is 1. The number of rotatable bonds is 4.